The third kappa shape index (κ3) is 9.57. The van der Waals surface area contributed by atoms with E-state index in [1.54, 1.807) is 17.8 Å². The number of ether oxygens (including phenoxy) is 1. The molecule has 63 heavy (non-hydrogen) atoms. The number of aliphatic hydroxyl groups is 1. The summed E-state index contributed by atoms with van der Waals surface area (Å²) in [7, 11) is 1.70. The molecular formula is C46H56F3N9O5. The van der Waals surface area contributed by atoms with Gasteiger partial charge in [-0.3, -0.25) is 28.9 Å². The van der Waals surface area contributed by atoms with E-state index in [1.165, 1.54) is 10.1 Å². The molecular weight excluding hydrogens is 816 g/mol. The fourth-order valence-electron chi connectivity index (χ4n) is 10.1. The summed E-state index contributed by atoms with van der Waals surface area (Å²) in [5.74, 6) is -0.580. The largest absolute Gasteiger partial charge is 0.393 e. The van der Waals surface area contributed by atoms with E-state index in [9.17, 15) is 32.7 Å². The molecule has 5 aromatic rings. The zero-order valence-corrected chi connectivity index (χ0v) is 35.7. The fraction of sp³-hybridized carbons (Fsp3) is 0.543. The highest BCUT2D eigenvalue weighted by Gasteiger charge is 2.33. The number of piperidine rings is 3. The van der Waals surface area contributed by atoms with Crippen molar-refractivity contribution in [1.82, 2.24) is 38.8 Å². The minimum atomic E-state index is -4.27. The number of imide groups is 1. The van der Waals surface area contributed by atoms with Gasteiger partial charge in [-0.15, -0.1) is 0 Å². The average molecular weight is 872 g/mol. The van der Waals surface area contributed by atoms with Crippen molar-refractivity contribution in [3.8, 4) is 11.1 Å². The van der Waals surface area contributed by atoms with E-state index in [1.807, 2.05) is 18.2 Å². The van der Waals surface area contributed by atoms with Crippen molar-refractivity contribution in [2.45, 2.75) is 120 Å². The van der Waals surface area contributed by atoms with Gasteiger partial charge in [0.15, 0.2) is 0 Å². The zero-order chi connectivity index (χ0) is 43.8. The first-order valence-corrected chi connectivity index (χ1v) is 22.4. The normalized spacial score (nSPS) is 22.6. The zero-order valence-electron chi connectivity index (χ0n) is 35.7. The molecule has 14 nitrogen and oxygen atoms in total. The first-order valence-electron chi connectivity index (χ1n) is 22.4. The quantitative estimate of drug-likeness (QED) is 0.123. The van der Waals surface area contributed by atoms with Crippen molar-refractivity contribution in [3.63, 3.8) is 0 Å². The van der Waals surface area contributed by atoms with Gasteiger partial charge in [0, 0.05) is 75.1 Å². The molecule has 3 aromatic heterocycles. The number of aryl methyl sites for hydroxylation is 1. The minimum absolute atomic E-state index is 0.132. The van der Waals surface area contributed by atoms with Gasteiger partial charge >= 0.3 is 11.9 Å². The molecule has 17 heteroatoms. The van der Waals surface area contributed by atoms with Gasteiger partial charge in [0.05, 0.1) is 36.3 Å². The Morgan fingerprint density at radius 2 is 1.60 bits per heavy atom. The number of benzene rings is 2. The second-order valence-corrected chi connectivity index (χ2v) is 17.9. The van der Waals surface area contributed by atoms with Gasteiger partial charge < -0.3 is 24.6 Å². The maximum absolute atomic E-state index is 13.2. The number of aliphatic hydroxyl groups excluding tert-OH is 1. The van der Waals surface area contributed by atoms with Gasteiger partial charge in [0.2, 0.25) is 17.8 Å². The van der Waals surface area contributed by atoms with Crippen LogP contribution in [0.2, 0.25) is 0 Å². The van der Waals surface area contributed by atoms with Gasteiger partial charge in [-0.25, -0.2) is 9.78 Å². The number of likely N-dealkylation sites (tertiary alicyclic amines) is 2. The highest BCUT2D eigenvalue weighted by Crippen LogP contribution is 2.37. The van der Waals surface area contributed by atoms with Crippen LogP contribution in [0, 0.1) is 0 Å². The number of hydrogen-bond acceptors (Lipinski definition) is 10. The second kappa shape index (κ2) is 18.2. The Hall–Kier alpha value is -5.10. The lowest BCUT2D eigenvalue weighted by molar-refractivity contribution is -0.136. The summed E-state index contributed by atoms with van der Waals surface area (Å²) in [5.41, 5.74) is 6.02. The number of halogens is 3. The number of carbonyl (C=O) groups is 2. The number of hydrogen-bond donors (Lipinski definition) is 3. The molecule has 2 amide bonds. The van der Waals surface area contributed by atoms with Crippen LogP contribution in [-0.2, 0) is 34.5 Å². The van der Waals surface area contributed by atoms with Crippen LogP contribution < -0.4 is 16.3 Å². The molecule has 4 aliphatic rings. The third-order valence-electron chi connectivity index (χ3n) is 13.7. The predicted octanol–water partition coefficient (Wildman–Crippen LogP) is 6.22. The minimum Gasteiger partial charge on any atom is -0.393 e. The molecule has 336 valence electrons. The van der Waals surface area contributed by atoms with Gasteiger partial charge in [-0.1, -0.05) is 30.3 Å². The molecule has 0 spiro atoms. The molecule has 9 rings (SSSR count). The summed E-state index contributed by atoms with van der Waals surface area (Å²) < 4.78 is 50.0. The van der Waals surface area contributed by atoms with Crippen LogP contribution in [0.25, 0.3) is 33.2 Å². The van der Waals surface area contributed by atoms with Crippen LogP contribution in [0.4, 0.5) is 19.1 Å². The molecule has 1 saturated carbocycles. The van der Waals surface area contributed by atoms with E-state index in [0.29, 0.717) is 43.1 Å². The van der Waals surface area contributed by atoms with Gasteiger partial charge in [-0.05, 0) is 99.7 Å². The highest BCUT2D eigenvalue weighted by atomic mass is 19.4. The Labute approximate surface area is 363 Å². The van der Waals surface area contributed by atoms with Crippen LogP contribution in [-0.4, -0.2) is 108 Å². The number of alkyl halides is 3. The first kappa shape index (κ1) is 43.2. The SMILES string of the molecule is Cn1c(=O)n([C@H]2CCC(=O)NC2=O)c2ccc(COC3CCN(C4CCN(Cc5ccc(-c6cn(C7CCC(O)CC7)c7nc(NCCC(F)(F)F)ncc67)cc5)CC4)CC3)cc21. The number of fused-ring (bicyclic) bond motifs is 2. The maximum atomic E-state index is 13.2. The lowest BCUT2D eigenvalue weighted by Crippen LogP contribution is -2.48. The summed E-state index contributed by atoms with van der Waals surface area (Å²) in [6.45, 7) is 5.06. The molecule has 3 N–H and O–H groups in total. The predicted molar refractivity (Wildman–Crippen MR) is 232 cm³/mol. The van der Waals surface area contributed by atoms with Crippen molar-refractivity contribution in [3.05, 3.63) is 76.5 Å². The summed E-state index contributed by atoms with van der Waals surface area (Å²) in [6, 6.07) is 14.4. The molecule has 0 bridgehead atoms. The number of imidazole rings is 1. The van der Waals surface area contributed by atoms with E-state index in [-0.39, 0.29) is 48.8 Å². The highest BCUT2D eigenvalue weighted by molar-refractivity contribution is 6.00. The van der Waals surface area contributed by atoms with Crippen LogP contribution >= 0.6 is 0 Å². The molecule has 0 unspecified atom stereocenters. The summed E-state index contributed by atoms with van der Waals surface area (Å²) in [6.07, 6.45) is 6.07. The standard InChI is InChI=1S/C46H56F3N9O5/c1-54-40-24-30(4-11-38(40)58(45(54)62)39-12-13-41(60)52-43(39)61)28-63-35-16-22-56(23-17-35)32-14-20-55(21-15-32)26-29-2-5-31(6-3-29)37-27-57(33-7-9-34(59)10-8-33)42-36(37)25-51-44(53-42)50-19-18-46(47,48)49/h2-6,11,24-25,27,32-35,39,59H,7-10,12-23,26,28H2,1H3,(H,50,51,53)(H,52,60,61)/t33?,34?,39-/m0/s1. The number of rotatable bonds is 12. The maximum Gasteiger partial charge on any atom is 0.390 e. The van der Waals surface area contributed by atoms with Gasteiger partial charge in [0.25, 0.3) is 0 Å². The van der Waals surface area contributed by atoms with Crippen molar-refractivity contribution in [2.75, 3.05) is 38.0 Å². The van der Waals surface area contributed by atoms with Gasteiger partial charge in [0.1, 0.15) is 11.7 Å². The molecule has 3 aliphatic heterocycles. The molecule has 3 saturated heterocycles. The van der Waals surface area contributed by atoms with E-state index >= 15 is 0 Å². The Bertz CT molecular complexity index is 2490. The second-order valence-electron chi connectivity index (χ2n) is 17.9. The van der Waals surface area contributed by atoms with E-state index in [0.717, 1.165) is 98.8 Å². The van der Waals surface area contributed by atoms with Crippen molar-refractivity contribution in [2.24, 2.45) is 7.05 Å². The number of carbonyl (C=O) groups excluding carboxylic acids is 2. The molecule has 0 radical (unpaired) electrons. The topological polar surface area (TPSA) is 152 Å². The molecule has 1 atom stereocenters. The lowest BCUT2D eigenvalue weighted by atomic mass is 9.93. The number of nitrogens with one attached hydrogen (secondary N) is 2. The van der Waals surface area contributed by atoms with Crippen LogP contribution in [0.15, 0.2) is 59.7 Å². The van der Waals surface area contributed by atoms with Crippen LogP contribution in [0.5, 0.6) is 0 Å². The first-order chi connectivity index (χ1) is 30.4. The van der Waals surface area contributed by atoms with Crippen molar-refractivity contribution in [1.29, 1.82) is 0 Å². The lowest BCUT2D eigenvalue weighted by Gasteiger charge is -2.41. The Morgan fingerprint density at radius 3 is 2.32 bits per heavy atom. The fourth-order valence-corrected chi connectivity index (χ4v) is 10.1. The number of anilines is 1. The molecule has 4 fully saturated rings. The van der Waals surface area contributed by atoms with Crippen LogP contribution in [0.3, 0.4) is 0 Å². The Kier molecular flexibility index (Phi) is 12.5. The Balaban J connectivity index is 0.760. The van der Waals surface area contributed by atoms with E-state index in [4.69, 9.17) is 9.72 Å². The van der Waals surface area contributed by atoms with Crippen molar-refractivity contribution < 1.29 is 32.6 Å². The molecule has 6 heterocycles. The Morgan fingerprint density at radius 1 is 0.873 bits per heavy atom. The number of aromatic nitrogens is 5. The monoisotopic (exact) mass is 871 g/mol. The average Bonchev–Trinajstić information content (AvgIpc) is 3.77. The summed E-state index contributed by atoms with van der Waals surface area (Å²) in [4.78, 5) is 51.6. The van der Waals surface area contributed by atoms with Crippen LogP contribution in [0.1, 0.15) is 93.8 Å². The van der Waals surface area contributed by atoms with E-state index in [2.05, 4.69) is 60.4 Å². The number of nitrogens with zero attached hydrogens (tertiary/aromatic N) is 7. The molecule has 2 aromatic carbocycles. The molecule has 1 aliphatic carbocycles. The van der Waals surface area contributed by atoms with E-state index < -0.39 is 24.5 Å². The summed E-state index contributed by atoms with van der Waals surface area (Å²) in [5, 5.41) is 16.1. The van der Waals surface area contributed by atoms with Crippen molar-refractivity contribution >= 4 is 39.8 Å². The smallest absolute Gasteiger partial charge is 0.390 e. The van der Waals surface area contributed by atoms with Gasteiger partial charge in [-0.2, -0.15) is 18.2 Å². The third-order valence-corrected chi connectivity index (χ3v) is 13.7. The number of amides is 2. The summed E-state index contributed by atoms with van der Waals surface area (Å²) >= 11 is 0.